The molecule has 2 N–H and O–H groups in total. The van der Waals surface area contributed by atoms with Crippen LogP contribution in [0.25, 0.3) is 6.08 Å². The van der Waals surface area contributed by atoms with Crippen LogP contribution < -0.4 is 10.5 Å². The molecular formula is C22H29N3O4. The molecule has 7 heteroatoms. The molecule has 0 atom stereocenters. The van der Waals surface area contributed by atoms with E-state index in [1.54, 1.807) is 41.3 Å². The summed E-state index contributed by atoms with van der Waals surface area (Å²) in [4.78, 5) is 39.5. The van der Waals surface area contributed by atoms with E-state index in [0.29, 0.717) is 31.9 Å². The summed E-state index contributed by atoms with van der Waals surface area (Å²) in [5.74, 6) is 0.418. The van der Waals surface area contributed by atoms with E-state index in [9.17, 15) is 14.4 Å². The SMILES string of the molecule is NC(=O)COc1ccc(/C=C/C(=O)N2CCN(C(=O)C3CCCCC3)CC2)cc1. The number of benzene rings is 1. The number of primary amides is 1. The van der Waals surface area contributed by atoms with E-state index in [2.05, 4.69) is 0 Å². The molecule has 0 aromatic heterocycles. The highest BCUT2D eigenvalue weighted by atomic mass is 16.5. The third kappa shape index (κ3) is 6.07. The van der Waals surface area contributed by atoms with E-state index < -0.39 is 5.91 Å². The minimum absolute atomic E-state index is 0.0520. The Bertz CT molecular complexity index is 746. The predicted molar refractivity (Wildman–Crippen MR) is 110 cm³/mol. The first kappa shape index (κ1) is 20.9. The summed E-state index contributed by atoms with van der Waals surface area (Å²) >= 11 is 0. The fraction of sp³-hybridized carbons (Fsp3) is 0.500. The molecule has 29 heavy (non-hydrogen) atoms. The molecule has 1 aliphatic heterocycles. The van der Waals surface area contributed by atoms with Crippen molar-refractivity contribution in [3.05, 3.63) is 35.9 Å². The Morgan fingerprint density at radius 1 is 0.966 bits per heavy atom. The van der Waals surface area contributed by atoms with Gasteiger partial charge in [0.15, 0.2) is 6.61 Å². The topological polar surface area (TPSA) is 92.9 Å². The molecular weight excluding hydrogens is 370 g/mol. The number of amides is 3. The van der Waals surface area contributed by atoms with Crippen LogP contribution in [-0.2, 0) is 14.4 Å². The minimum Gasteiger partial charge on any atom is -0.484 e. The molecule has 1 aromatic rings. The van der Waals surface area contributed by atoms with Crippen LogP contribution in [-0.4, -0.2) is 60.3 Å². The minimum atomic E-state index is -0.528. The van der Waals surface area contributed by atoms with E-state index in [1.165, 1.54) is 6.42 Å². The fourth-order valence-electron chi connectivity index (χ4n) is 3.86. The highest BCUT2D eigenvalue weighted by Crippen LogP contribution is 2.25. The number of rotatable bonds is 6. The van der Waals surface area contributed by atoms with Crippen molar-refractivity contribution in [2.24, 2.45) is 11.7 Å². The van der Waals surface area contributed by atoms with Gasteiger partial charge in [-0.1, -0.05) is 31.4 Å². The lowest BCUT2D eigenvalue weighted by molar-refractivity contribution is -0.141. The Hall–Kier alpha value is -2.83. The van der Waals surface area contributed by atoms with Crippen molar-refractivity contribution in [3.63, 3.8) is 0 Å². The lowest BCUT2D eigenvalue weighted by Crippen LogP contribution is -2.51. The highest BCUT2D eigenvalue weighted by molar-refractivity contribution is 5.92. The van der Waals surface area contributed by atoms with Gasteiger partial charge in [0.1, 0.15) is 5.75 Å². The fourth-order valence-corrected chi connectivity index (χ4v) is 3.86. The summed E-state index contributed by atoms with van der Waals surface area (Å²) in [6.45, 7) is 2.20. The molecule has 0 radical (unpaired) electrons. The predicted octanol–water partition coefficient (Wildman–Crippen LogP) is 1.81. The lowest BCUT2D eigenvalue weighted by Gasteiger charge is -2.36. The molecule has 1 saturated carbocycles. The van der Waals surface area contributed by atoms with Crippen LogP contribution in [0.2, 0.25) is 0 Å². The molecule has 1 heterocycles. The number of nitrogens with two attached hydrogens (primary N) is 1. The van der Waals surface area contributed by atoms with Gasteiger partial charge in [0, 0.05) is 38.2 Å². The van der Waals surface area contributed by atoms with Crippen molar-refractivity contribution in [2.45, 2.75) is 32.1 Å². The molecule has 7 nitrogen and oxygen atoms in total. The van der Waals surface area contributed by atoms with Crippen molar-refractivity contribution < 1.29 is 19.1 Å². The number of carbonyl (C=O) groups excluding carboxylic acids is 3. The summed E-state index contributed by atoms with van der Waals surface area (Å²) in [7, 11) is 0. The molecule has 3 amide bonds. The van der Waals surface area contributed by atoms with Crippen molar-refractivity contribution in [1.29, 1.82) is 0 Å². The van der Waals surface area contributed by atoms with Gasteiger partial charge in [-0.2, -0.15) is 0 Å². The maximum Gasteiger partial charge on any atom is 0.255 e. The van der Waals surface area contributed by atoms with Crippen LogP contribution in [0.1, 0.15) is 37.7 Å². The summed E-state index contributed by atoms with van der Waals surface area (Å²) in [6, 6.07) is 7.06. The number of hydrogen-bond donors (Lipinski definition) is 1. The average molecular weight is 399 g/mol. The normalized spacial score (nSPS) is 18.1. The number of nitrogens with zero attached hydrogens (tertiary/aromatic N) is 2. The number of ether oxygens (including phenoxy) is 1. The van der Waals surface area contributed by atoms with Gasteiger partial charge in [-0.25, -0.2) is 0 Å². The molecule has 156 valence electrons. The first-order chi connectivity index (χ1) is 14.0. The van der Waals surface area contributed by atoms with Gasteiger partial charge in [-0.05, 0) is 36.6 Å². The van der Waals surface area contributed by atoms with Crippen LogP contribution >= 0.6 is 0 Å². The van der Waals surface area contributed by atoms with Crippen LogP contribution in [0, 0.1) is 5.92 Å². The summed E-state index contributed by atoms with van der Waals surface area (Å²) < 4.78 is 5.21. The number of carbonyl (C=O) groups is 3. The van der Waals surface area contributed by atoms with Crippen LogP contribution in [0.3, 0.4) is 0 Å². The summed E-state index contributed by atoms with van der Waals surface area (Å²) in [6.07, 6.45) is 8.86. The Kier molecular flexibility index (Phi) is 7.27. The number of hydrogen-bond acceptors (Lipinski definition) is 4. The third-order valence-electron chi connectivity index (χ3n) is 5.54. The smallest absolute Gasteiger partial charge is 0.255 e. The van der Waals surface area contributed by atoms with Crippen molar-refractivity contribution >= 4 is 23.8 Å². The largest absolute Gasteiger partial charge is 0.484 e. The zero-order valence-electron chi connectivity index (χ0n) is 16.7. The molecule has 3 rings (SSSR count). The maximum absolute atomic E-state index is 12.6. The van der Waals surface area contributed by atoms with Gasteiger partial charge in [0.2, 0.25) is 11.8 Å². The van der Waals surface area contributed by atoms with E-state index in [0.717, 1.165) is 31.2 Å². The first-order valence-corrected chi connectivity index (χ1v) is 10.3. The van der Waals surface area contributed by atoms with Gasteiger partial charge in [-0.3, -0.25) is 14.4 Å². The van der Waals surface area contributed by atoms with E-state index in [-0.39, 0.29) is 24.3 Å². The molecule has 1 aliphatic carbocycles. The van der Waals surface area contributed by atoms with Gasteiger partial charge >= 0.3 is 0 Å². The molecule has 1 saturated heterocycles. The standard InChI is InChI=1S/C22H29N3O4/c23-20(26)16-29-19-9-6-17(7-10-19)8-11-21(27)24-12-14-25(15-13-24)22(28)18-4-2-1-3-5-18/h6-11,18H,1-5,12-16H2,(H2,23,26)/b11-8+. The van der Waals surface area contributed by atoms with Crippen LogP contribution in [0.15, 0.2) is 30.3 Å². The zero-order valence-corrected chi connectivity index (χ0v) is 16.7. The molecule has 2 aliphatic rings. The molecule has 0 bridgehead atoms. The molecule has 0 spiro atoms. The zero-order chi connectivity index (χ0) is 20.6. The second kappa shape index (κ2) is 10.1. The average Bonchev–Trinajstić information content (AvgIpc) is 2.77. The van der Waals surface area contributed by atoms with E-state index >= 15 is 0 Å². The Morgan fingerprint density at radius 2 is 1.59 bits per heavy atom. The highest BCUT2D eigenvalue weighted by Gasteiger charge is 2.29. The second-order valence-corrected chi connectivity index (χ2v) is 7.64. The van der Waals surface area contributed by atoms with Crippen molar-refractivity contribution in [2.75, 3.05) is 32.8 Å². The van der Waals surface area contributed by atoms with Crippen LogP contribution in [0.5, 0.6) is 5.75 Å². The summed E-state index contributed by atoms with van der Waals surface area (Å²) in [5.41, 5.74) is 5.90. The molecule has 1 aromatic carbocycles. The number of piperazine rings is 1. The van der Waals surface area contributed by atoms with E-state index in [1.807, 2.05) is 4.90 Å². The van der Waals surface area contributed by atoms with Crippen molar-refractivity contribution in [3.8, 4) is 5.75 Å². The third-order valence-corrected chi connectivity index (χ3v) is 5.54. The quantitative estimate of drug-likeness (QED) is 0.739. The lowest BCUT2D eigenvalue weighted by atomic mass is 9.88. The van der Waals surface area contributed by atoms with Gasteiger partial charge in [-0.15, -0.1) is 0 Å². The molecule has 0 unspecified atom stereocenters. The van der Waals surface area contributed by atoms with Gasteiger partial charge in [0.25, 0.3) is 5.91 Å². The van der Waals surface area contributed by atoms with Gasteiger partial charge in [0.05, 0.1) is 0 Å². The first-order valence-electron chi connectivity index (χ1n) is 10.3. The Labute approximate surface area is 171 Å². The van der Waals surface area contributed by atoms with Crippen LogP contribution in [0.4, 0.5) is 0 Å². The summed E-state index contributed by atoms with van der Waals surface area (Å²) in [5, 5.41) is 0. The Morgan fingerprint density at radius 3 is 2.21 bits per heavy atom. The molecule has 2 fully saturated rings. The van der Waals surface area contributed by atoms with Gasteiger partial charge < -0.3 is 20.3 Å². The maximum atomic E-state index is 12.6. The second-order valence-electron chi connectivity index (χ2n) is 7.64. The van der Waals surface area contributed by atoms with Crippen molar-refractivity contribution in [1.82, 2.24) is 9.80 Å². The Balaban J connectivity index is 1.45. The monoisotopic (exact) mass is 399 g/mol. The van der Waals surface area contributed by atoms with E-state index in [4.69, 9.17) is 10.5 Å².